The lowest BCUT2D eigenvalue weighted by atomic mass is 10.0. The van der Waals surface area contributed by atoms with Crippen LogP contribution in [0.4, 0.5) is 15.3 Å². The highest BCUT2D eigenvalue weighted by atomic mass is 32.2. The molecule has 1 heterocycles. The zero-order valence-corrected chi connectivity index (χ0v) is 13.1. The molecule has 0 unspecified atom stereocenters. The van der Waals surface area contributed by atoms with Gasteiger partial charge in [-0.1, -0.05) is 36.4 Å². The van der Waals surface area contributed by atoms with E-state index in [1.807, 2.05) is 30.3 Å². The normalized spacial score (nSPS) is 15.4. The second-order valence-corrected chi connectivity index (χ2v) is 6.00. The van der Waals surface area contributed by atoms with Gasteiger partial charge in [-0.25, -0.2) is 4.79 Å². The van der Waals surface area contributed by atoms with Crippen molar-refractivity contribution in [2.45, 2.75) is 0 Å². The van der Waals surface area contributed by atoms with Crippen molar-refractivity contribution < 1.29 is 19.5 Å². The summed E-state index contributed by atoms with van der Waals surface area (Å²) < 4.78 is 0. The quantitative estimate of drug-likeness (QED) is 0.739. The van der Waals surface area contributed by atoms with Crippen LogP contribution in [0.5, 0.6) is 0 Å². The lowest BCUT2D eigenvalue weighted by Crippen LogP contribution is -2.17. The van der Waals surface area contributed by atoms with Crippen molar-refractivity contribution in [3.63, 3.8) is 0 Å². The number of carbonyl (C=O) groups excluding carboxylic acids is 2. The van der Waals surface area contributed by atoms with E-state index in [2.05, 4.69) is 10.6 Å². The van der Waals surface area contributed by atoms with Gasteiger partial charge in [0, 0.05) is 5.69 Å². The molecule has 1 aliphatic heterocycles. The van der Waals surface area contributed by atoms with Crippen molar-refractivity contribution in [1.29, 1.82) is 0 Å². The minimum atomic E-state index is -1.11. The summed E-state index contributed by atoms with van der Waals surface area (Å²) in [6, 6.07) is 14.4. The molecule has 1 fully saturated rings. The Kier molecular flexibility index (Phi) is 4.35. The molecule has 24 heavy (non-hydrogen) atoms. The van der Waals surface area contributed by atoms with E-state index in [-0.39, 0.29) is 11.1 Å². The number of benzene rings is 2. The fourth-order valence-corrected chi connectivity index (χ4v) is 2.93. The lowest BCUT2D eigenvalue weighted by Gasteiger charge is -2.06. The highest BCUT2D eigenvalue weighted by molar-refractivity contribution is 8.18. The topological polar surface area (TPSA) is 95.5 Å². The van der Waals surface area contributed by atoms with E-state index in [1.165, 1.54) is 0 Å². The second-order valence-electron chi connectivity index (χ2n) is 4.99. The molecule has 0 aliphatic carbocycles. The molecule has 0 atom stereocenters. The minimum absolute atomic E-state index is 0.361. The molecule has 3 N–H and O–H groups in total. The SMILES string of the molecule is O=C(O)Nc1cccc(-c2ccc(C=C3SC(=O)NC3=O)cc2)c1. The summed E-state index contributed by atoms with van der Waals surface area (Å²) >= 11 is 0.874. The molecule has 2 aromatic rings. The van der Waals surface area contributed by atoms with Crippen LogP contribution in [0.1, 0.15) is 5.56 Å². The molecule has 0 bridgehead atoms. The molecule has 6 nitrogen and oxygen atoms in total. The standard InChI is InChI=1S/C17H12N2O4S/c20-15-14(24-17(23)19-15)8-10-4-6-11(7-5-10)12-2-1-3-13(9-12)18-16(21)22/h1-9,18H,(H,21,22)(H,19,20,23). The number of amides is 3. The number of carbonyl (C=O) groups is 3. The summed E-state index contributed by atoms with van der Waals surface area (Å²) in [5, 5.41) is 12.9. The van der Waals surface area contributed by atoms with Gasteiger partial charge in [0.15, 0.2) is 0 Å². The molecule has 120 valence electrons. The molecule has 1 aliphatic rings. The Labute approximate surface area is 141 Å². The van der Waals surface area contributed by atoms with Crippen LogP contribution in [-0.2, 0) is 4.79 Å². The molecular formula is C17H12N2O4S. The number of nitrogens with one attached hydrogen (secondary N) is 2. The van der Waals surface area contributed by atoms with E-state index in [4.69, 9.17) is 5.11 Å². The van der Waals surface area contributed by atoms with Gasteiger partial charge in [-0.2, -0.15) is 0 Å². The van der Waals surface area contributed by atoms with Gasteiger partial charge < -0.3 is 5.11 Å². The Bertz CT molecular complexity index is 859. The number of anilines is 1. The van der Waals surface area contributed by atoms with Crippen molar-refractivity contribution in [1.82, 2.24) is 5.32 Å². The van der Waals surface area contributed by atoms with E-state index in [0.717, 1.165) is 28.5 Å². The Morgan fingerprint density at radius 1 is 1.08 bits per heavy atom. The van der Waals surface area contributed by atoms with E-state index in [1.54, 1.807) is 24.3 Å². The molecule has 7 heteroatoms. The summed E-state index contributed by atoms with van der Waals surface area (Å²) in [5.41, 5.74) is 3.06. The van der Waals surface area contributed by atoms with Crippen LogP contribution in [0.2, 0.25) is 0 Å². The van der Waals surface area contributed by atoms with Gasteiger partial charge >= 0.3 is 6.09 Å². The Hall–Kier alpha value is -3.06. The Balaban J connectivity index is 1.82. The van der Waals surface area contributed by atoms with Gasteiger partial charge in [-0.3, -0.25) is 20.2 Å². The zero-order valence-electron chi connectivity index (χ0n) is 12.3. The molecule has 1 saturated heterocycles. The third kappa shape index (κ3) is 3.64. The fourth-order valence-electron chi connectivity index (χ4n) is 2.24. The fraction of sp³-hybridized carbons (Fsp3) is 0. The first kappa shape index (κ1) is 15.8. The second kappa shape index (κ2) is 6.59. The average Bonchev–Trinajstić information content (AvgIpc) is 2.85. The van der Waals surface area contributed by atoms with Gasteiger partial charge in [0.25, 0.3) is 11.1 Å². The zero-order chi connectivity index (χ0) is 17.1. The van der Waals surface area contributed by atoms with E-state index in [9.17, 15) is 14.4 Å². The van der Waals surface area contributed by atoms with Crippen molar-refractivity contribution >= 4 is 40.8 Å². The Morgan fingerprint density at radius 3 is 2.46 bits per heavy atom. The lowest BCUT2D eigenvalue weighted by molar-refractivity contribution is -0.115. The molecule has 0 saturated carbocycles. The summed E-state index contributed by atoms with van der Waals surface area (Å²) in [7, 11) is 0. The highest BCUT2D eigenvalue weighted by Crippen LogP contribution is 2.27. The van der Waals surface area contributed by atoms with Gasteiger partial charge in [0.2, 0.25) is 0 Å². The van der Waals surface area contributed by atoms with E-state index in [0.29, 0.717) is 10.6 Å². The number of hydrogen-bond acceptors (Lipinski definition) is 4. The van der Waals surface area contributed by atoms with Crippen LogP contribution < -0.4 is 10.6 Å². The maximum atomic E-state index is 11.5. The molecular weight excluding hydrogens is 328 g/mol. The minimum Gasteiger partial charge on any atom is -0.465 e. The average molecular weight is 340 g/mol. The van der Waals surface area contributed by atoms with Gasteiger partial charge in [-0.15, -0.1) is 0 Å². The first-order valence-corrected chi connectivity index (χ1v) is 7.78. The molecule has 0 spiro atoms. The molecule has 2 aromatic carbocycles. The van der Waals surface area contributed by atoms with Crippen molar-refractivity contribution in [3.05, 3.63) is 59.0 Å². The summed E-state index contributed by atoms with van der Waals surface area (Å²) in [6.45, 7) is 0. The van der Waals surface area contributed by atoms with Gasteiger partial charge in [0.05, 0.1) is 4.91 Å². The van der Waals surface area contributed by atoms with Crippen LogP contribution in [0.3, 0.4) is 0 Å². The first-order chi connectivity index (χ1) is 11.5. The highest BCUT2D eigenvalue weighted by Gasteiger charge is 2.24. The predicted molar refractivity (Wildman–Crippen MR) is 92.6 cm³/mol. The largest absolute Gasteiger partial charge is 0.465 e. The van der Waals surface area contributed by atoms with Crippen LogP contribution in [0.15, 0.2) is 53.4 Å². The number of rotatable bonds is 3. The Morgan fingerprint density at radius 2 is 1.83 bits per heavy atom. The van der Waals surface area contributed by atoms with E-state index >= 15 is 0 Å². The summed E-state index contributed by atoms with van der Waals surface area (Å²) in [6.07, 6.45) is 0.535. The van der Waals surface area contributed by atoms with Crippen molar-refractivity contribution in [2.24, 2.45) is 0 Å². The smallest absolute Gasteiger partial charge is 0.409 e. The van der Waals surface area contributed by atoms with Gasteiger partial charge in [0.1, 0.15) is 0 Å². The third-order valence-electron chi connectivity index (χ3n) is 3.30. The van der Waals surface area contributed by atoms with Crippen LogP contribution in [0, 0.1) is 0 Å². The number of thioether (sulfide) groups is 1. The van der Waals surface area contributed by atoms with Crippen molar-refractivity contribution in [2.75, 3.05) is 5.32 Å². The van der Waals surface area contributed by atoms with E-state index < -0.39 is 6.09 Å². The summed E-state index contributed by atoms with van der Waals surface area (Å²) in [4.78, 5) is 33.7. The molecule has 3 rings (SSSR count). The number of carboxylic acid groups (broad SMARTS) is 1. The third-order valence-corrected chi connectivity index (χ3v) is 4.11. The molecule has 0 aromatic heterocycles. The van der Waals surface area contributed by atoms with Crippen LogP contribution in [-0.4, -0.2) is 22.3 Å². The first-order valence-electron chi connectivity index (χ1n) is 6.96. The predicted octanol–water partition coefficient (Wildman–Crippen LogP) is 3.77. The van der Waals surface area contributed by atoms with Gasteiger partial charge in [-0.05, 0) is 46.7 Å². The van der Waals surface area contributed by atoms with Crippen molar-refractivity contribution in [3.8, 4) is 11.1 Å². The van der Waals surface area contributed by atoms with Crippen LogP contribution >= 0.6 is 11.8 Å². The maximum absolute atomic E-state index is 11.5. The maximum Gasteiger partial charge on any atom is 0.409 e. The number of imide groups is 1. The monoisotopic (exact) mass is 340 g/mol. The molecule has 0 radical (unpaired) electrons. The molecule has 3 amide bonds. The summed E-state index contributed by atoms with van der Waals surface area (Å²) in [5.74, 6) is -0.387. The number of hydrogen-bond donors (Lipinski definition) is 3. The van der Waals surface area contributed by atoms with Crippen LogP contribution in [0.25, 0.3) is 17.2 Å².